The Bertz CT molecular complexity index is 322. The van der Waals surface area contributed by atoms with Crippen molar-refractivity contribution in [1.29, 1.82) is 0 Å². The third-order valence-corrected chi connectivity index (χ3v) is 3.20. The van der Waals surface area contributed by atoms with E-state index in [1.807, 2.05) is 26.0 Å². The Hall–Kier alpha value is -0.870. The number of amides is 1. The third kappa shape index (κ3) is 4.01. The summed E-state index contributed by atoms with van der Waals surface area (Å²) in [7, 11) is 0. The fraction of sp³-hybridized carbons (Fsp3) is 0.545. The number of aliphatic hydroxyl groups excluding tert-OH is 1. The molecule has 0 saturated carbocycles. The van der Waals surface area contributed by atoms with E-state index in [0.29, 0.717) is 13.0 Å². The van der Waals surface area contributed by atoms with Crippen LogP contribution in [-0.2, 0) is 0 Å². The van der Waals surface area contributed by atoms with Crippen molar-refractivity contribution in [3.05, 3.63) is 21.9 Å². The lowest BCUT2D eigenvalue weighted by atomic mass is 10.2. The first kappa shape index (κ1) is 12.2. The summed E-state index contributed by atoms with van der Waals surface area (Å²) in [6.45, 7) is 4.43. The fourth-order valence-corrected chi connectivity index (χ4v) is 1.98. The second-order valence-electron chi connectivity index (χ2n) is 3.52. The van der Waals surface area contributed by atoms with Crippen molar-refractivity contribution in [2.45, 2.75) is 32.8 Å². The quantitative estimate of drug-likeness (QED) is 0.807. The molecule has 0 spiro atoms. The number of aliphatic hydroxyl groups is 1. The molecule has 1 aromatic rings. The molecule has 1 atom stereocenters. The summed E-state index contributed by atoms with van der Waals surface area (Å²) in [6.07, 6.45) is 1.04. The predicted molar refractivity (Wildman–Crippen MR) is 62.3 cm³/mol. The molecule has 0 bridgehead atoms. The van der Waals surface area contributed by atoms with Crippen molar-refractivity contribution in [1.82, 2.24) is 5.32 Å². The van der Waals surface area contributed by atoms with Crippen molar-refractivity contribution >= 4 is 17.2 Å². The summed E-state index contributed by atoms with van der Waals surface area (Å²) in [4.78, 5) is 13.4. The molecule has 84 valence electrons. The molecule has 0 aliphatic rings. The minimum absolute atomic E-state index is 0.0450. The van der Waals surface area contributed by atoms with Crippen molar-refractivity contribution in [2.24, 2.45) is 0 Å². The zero-order valence-corrected chi connectivity index (χ0v) is 9.93. The third-order valence-electron chi connectivity index (χ3n) is 2.20. The van der Waals surface area contributed by atoms with Gasteiger partial charge in [0, 0.05) is 11.4 Å². The van der Waals surface area contributed by atoms with Crippen molar-refractivity contribution in [2.75, 3.05) is 6.54 Å². The van der Waals surface area contributed by atoms with Gasteiger partial charge in [-0.15, -0.1) is 11.3 Å². The van der Waals surface area contributed by atoms with Gasteiger partial charge in [0.1, 0.15) is 0 Å². The number of rotatable bonds is 5. The zero-order chi connectivity index (χ0) is 11.3. The van der Waals surface area contributed by atoms with Gasteiger partial charge in [-0.05, 0) is 31.9 Å². The van der Waals surface area contributed by atoms with E-state index >= 15 is 0 Å². The molecule has 0 saturated heterocycles. The molecule has 0 fully saturated rings. The maximum Gasteiger partial charge on any atom is 0.261 e. The molecule has 1 unspecified atom stereocenters. The summed E-state index contributed by atoms with van der Waals surface area (Å²) in [5.74, 6) is -0.0450. The van der Waals surface area contributed by atoms with Crippen LogP contribution in [0, 0.1) is 6.92 Å². The maximum absolute atomic E-state index is 11.5. The van der Waals surface area contributed by atoms with Gasteiger partial charge in [-0.1, -0.05) is 6.92 Å². The van der Waals surface area contributed by atoms with E-state index in [9.17, 15) is 9.90 Å². The van der Waals surface area contributed by atoms with Gasteiger partial charge in [0.2, 0.25) is 0 Å². The predicted octanol–water partition coefficient (Wildman–Crippen LogP) is 1.95. The van der Waals surface area contributed by atoms with E-state index in [0.717, 1.165) is 16.2 Å². The standard InChI is InChI=1S/C11H17NO2S/c1-3-9(13)6-7-12-11(14)10-5-4-8(2)15-10/h4-5,9,13H,3,6-7H2,1-2H3,(H,12,14). The number of carbonyl (C=O) groups is 1. The molecule has 1 aromatic heterocycles. The van der Waals surface area contributed by atoms with E-state index in [1.165, 1.54) is 11.3 Å². The average Bonchev–Trinajstić information content (AvgIpc) is 2.64. The Morgan fingerprint density at radius 3 is 2.87 bits per heavy atom. The number of hydrogen-bond donors (Lipinski definition) is 2. The molecular weight excluding hydrogens is 210 g/mol. The number of nitrogens with one attached hydrogen (secondary N) is 1. The molecular formula is C11H17NO2S. The van der Waals surface area contributed by atoms with Gasteiger partial charge in [-0.2, -0.15) is 0 Å². The molecule has 1 amide bonds. The van der Waals surface area contributed by atoms with Crippen molar-refractivity contribution in [3.63, 3.8) is 0 Å². The lowest BCUT2D eigenvalue weighted by Gasteiger charge is -2.07. The summed E-state index contributed by atoms with van der Waals surface area (Å²) in [5.41, 5.74) is 0. The summed E-state index contributed by atoms with van der Waals surface area (Å²) < 4.78 is 0. The first-order valence-electron chi connectivity index (χ1n) is 5.16. The highest BCUT2D eigenvalue weighted by Gasteiger charge is 2.07. The second kappa shape index (κ2) is 5.88. The monoisotopic (exact) mass is 227 g/mol. The molecule has 3 nitrogen and oxygen atoms in total. The van der Waals surface area contributed by atoms with E-state index < -0.39 is 0 Å². The van der Waals surface area contributed by atoms with Crippen LogP contribution < -0.4 is 5.32 Å². The smallest absolute Gasteiger partial charge is 0.261 e. The molecule has 0 aliphatic carbocycles. The van der Waals surface area contributed by atoms with E-state index in [2.05, 4.69) is 5.32 Å². The summed E-state index contributed by atoms with van der Waals surface area (Å²) >= 11 is 1.49. The molecule has 1 heterocycles. The van der Waals surface area contributed by atoms with Gasteiger partial charge >= 0.3 is 0 Å². The van der Waals surface area contributed by atoms with Crippen LogP contribution in [0.4, 0.5) is 0 Å². The molecule has 0 aliphatic heterocycles. The SMILES string of the molecule is CCC(O)CCNC(=O)c1ccc(C)s1. The topological polar surface area (TPSA) is 49.3 Å². The highest BCUT2D eigenvalue weighted by Crippen LogP contribution is 2.14. The minimum Gasteiger partial charge on any atom is -0.393 e. The summed E-state index contributed by atoms with van der Waals surface area (Å²) in [5, 5.41) is 12.1. The Morgan fingerprint density at radius 2 is 2.33 bits per heavy atom. The molecule has 2 N–H and O–H groups in total. The Kier molecular flexibility index (Phi) is 4.78. The van der Waals surface area contributed by atoms with Crippen LogP contribution in [0.1, 0.15) is 34.3 Å². The molecule has 1 rings (SSSR count). The lowest BCUT2D eigenvalue weighted by Crippen LogP contribution is -2.26. The summed E-state index contributed by atoms with van der Waals surface area (Å²) in [6, 6.07) is 3.76. The van der Waals surface area contributed by atoms with Crippen LogP contribution >= 0.6 is 11.3 Å². The number of hydrogen-bond acceptors (Lipinski definition) is 3. The van der Waals surface area contributed by atoms with Gasteiger partial charge < -0.3 is 10.4 Å². The van der Waals surface area contributed by atoms with Crippen LogP contribution in [-0.4, -0.2) is 23.7 Å². The Balaban J connectivity index is 2.31. The van der Waals surface area contributed by atoms with Gasteiger partial charge in [0.15, 0.2) is 0 Å². The average molecular weight is 227 g/mol. The van der Waals surface area contributed by atoms with E-state index in [-0.39, 0.29) is 12.0 Å². The largest absolute Gasteiger partial charge is 0.393 e. The fourth-order valence-electron chi connectivity index (χ4n) is 1.20. The number of carbonyl (C=O) groups excluding carboxylic acids is 1. The Labute approximate surface area is 94.1 Å². The highest BCUT2D eigenvalue weighted by atomic mass is 32.1. The van der Waals surface area contributed by atoms with Crippen LogP contribution in [0.3, 0.4) is 0 Å². The van der Waals surface area contributed by atoms with Gasteiger partial charge in [0.05, 0.1) is 11.0 Å². The minimum atomic E-state index is -0.310. The second-order valence-corrected chi connectivity index (χ2v) is 4.80. The van der Waals surface area contributed by atoms with Crippen LogP contribution in [0.25, 0.3) is 0 Å². The van der Waals surface area contributed by atoms with Gasteiger partial charge in [-0.25, -0.2) is 0 Å². The molecule has 15 heavy (non-hydrogen) atoms. The number of aryl methyl sites for hydroxylation is 1. The van der Waals surface area contributed by atoms with E-state index in [1.54, 1.807) is 0 Å². The van der Waals surface area contributed by atoms with Gasteiger partial charge in [-0.3, -0.25) is 4.79 Å². The molecule has 0 aromatic carbocycles. The molecule has 0 radical (unpaired) electrons. The van der Waals surface area contributed by atoms with Crippen LogP contribution in [0.15, 0.2) is 12.1 Å². The highest BCUT2D eigenvalue weighted by molar-refractivity contribution is 7.13. The lowest BCUT2D eigenvalue weighted by molar-refractivity contribution is 0.0946. The zero-order valence-electron chi connectivity index (χ0n) is 9.12. The van der Waals surface area contributed by atoms with Crippen molar-refractivity contribution < 1.29 is 9.90 Å². The van der Waals surface area contributed by atoms with Gasteiger partial charge in [0.25, 0.3) is 5.91 Å². The number of thiophene rings is 1. The van der Waals surface area contributed by atoms with Crippen molar-refractivity contribution in [3.8, 4) is 0 Å². The van der Waals surface area contributed by atoms with Crippen LogP contribution in [0.2, 0.25) is 0 Å². The first-order chi connectivity index (χ1) is 7.13. The Morgan fingerprint density at radius 1 is 1.60 bits per heavy atom. The van der Waals surface area contributed by atoms with Crippen LogP contribution in [0.5, 0.6) is 0 Å². The first-order valence-corrected chi connectivity index (χ1v) is 5.97. The maximum atomic E-state index is 11.5. The normalized spacial score (nSPS) is 12.5. The molecule has 4 heteroatoms. The van der Waals surface area contributed by atoms with E-state index in [4.69, 9.17) is 0 Å².